The second-order valence-electron chi connectivity index (χ2n) is 12.7. The van der Waals surface area contributed by atoms with Gasteiger partial charge in [-0.2, -0.15) is 0 Å². The topological polar surface area (TPSA) is 102 Å². The molecule has 4 aromatic rings. The summed E-state index contributed by atoms with van der Waals surface area (Å²) in [5, 5.41) is 11.6. The van der Waals surface area contributed by atoms with E-state index in [4.69, 9.17) is 4.74 Å². The van der Waals surface area contributed by atoms with E-state index in [2.05, 4.69) is 27.0 Å². The lowest BCUT2D eigenvalue weighted by molar-refractivity contribution is -0.135. The molecule has 236 valence electrons. The molecule has 0 bridgehead atoms. The number of carbonyl (C=O) groups excluding carboxylic acids is 2. The Morgan fingerprint density at radius 1 is 1.09 bits per heavy atom. The molecule has 2 aromatic carbocycles. The highest BCUT2D eigenvalue weighted by Gasteiger charge is 2.33. The van der Waals surface area contributed by atoms with Crippen LogP contribution in [0.4, 0.5) is 10.1 Å². The van der Waals surface area contributed by atoms with Gasteiger partial charge in [0.1, 0.15) is 29.4 Å². The van der Waals surface area contributed by atoms with Crippen LogP contribution < -0.4 is 9.64 Å². The van der Waals surface area contributed by atoms with Crippen molar-refractivity contribution in [3.05, 3.63) is 82.9 Å². The zero-order chi connectivity index (χ0) is 31.4. The number of fused-ring (bicyclic) bond motifs is 2. The number of nitrogens with one attached hydrogen (secondary N) is 1. The van der Waals surface area contributed by atoms with Crippen LogP contribution in [0.3, 0.4) is 0 Å². The van der Waals surface area contributed by atoms with Gasteiger partial charge in [-0.25, -0.2) is 9.37 Å². The first kappa shape index (κ1) is 28.9. The number of hydrogen-bond acceptors (Lipinski definition) is 6. The van der Waals surface area contributed by atoms with E-state index in [1.54, 1.807) is 12.3 Å². The second kappa shape index (κ2) is 11.7. The number of halogens is 1. The summed E-state index contributed by atoms with van der Waals surface area (Å²) in [6.45, 7) is 3.82. The second-order valence-corrected chi connectivity index (χ2v) is 12.7. The molecule has 0 unspecified atom stereocenters. The summed E-state index contributed by atoms with van der Waals surface area (Å²) in [6.07, 6.45) is 7.86. The first-order valence-corrected chi connectivity index (χ1v) is 16.2. The maximum atomic E-state index is 15.4. The van der Waals surface area contributed by atoms with E-state index in [0.717, 1.165) is 78.7 Å². The van der Waals surface area contributed by atoms with E-state index >= 15 is 4.39 Å². The Hall–Kier alpha value is -4.54. The van der Waals surface area contributed by atoms with E-state index in [0.29, 0.717) is 30.3 Å². The number of anilines is 1. The molecule has 1 aliphatic carbocycles. The smallest absolute Gasteiger partial charge is 0.265 e. The molecule has 5 heterocycles. The first-order chi connectivity index (χ1) is 22.5. The minimum absolute atomic E-state index is 0.0676. The molecule has 0 spiro atoms. The lowest BCUT2D eigenvalue weighted by Crippen LogP contribution is -2.47. The zero-order valence-electron chi connectivity index (χ0n) is 25.6. The van der Waals surface area contributed by atoms with Crippen molar-refractivity contribution in [2.45, 2.75) is 38.2 Å². The fourth-order valence-corrected chi connectivity index (χ4v) is 6.93. The highest BCUT2D eigenvalue weighted by molar-refractivity contribution is 6.09. The third-order valence-electron chi connectivity index (χ3n) is 9.79. The Morgan fingerprint density at radius 3 is 2.70 bits per heavy atom. The fraction of sp³-hybridized carbons (Fsp3) is 0.361. The van der Waals surface area contributed by atoms with Gasteiger partial charge >= 0.3 is 0 Å². The number of aromatic amines is 1. The van der Waals surface area contributed by atoms with Crippen LogP contribution in [0.25, 0.3) is 27.7 Å². The molecular formula is C36H36FN5O4. The van der Waals surface area contributed by atoms with E-state index in [-0.39, 0.29) is 37.0 Å². The van der Waals surface area contributed by atoms with Crippen LogP contribution in [-0.2, 0) is 11.4 Å². The third-order valence-corrected chi connectivity index (χ3v) is 9.79. The van der Waals surface area contributed by atoms with Gasteiger partial charge in [0, 0.05) is 49.0 Å². The number of nitrogens with zero attached hydrogens (tertiary/aromatic N) is 4. The lowest BCUT2D eigenvalue weighted by atomic mass is 9.95. The highest BCUT2D eigenvalue weighted by atomic mass is 19.1. The van der Waals surface area contributed by atoms with Crippen molar-refractivity contribution in [2.75, 3.05) is 50.8 Å². The maximum absolute atomic E-state index is 15.4. The third kappa shape index (κ3) is 5.15. The van der Waals surface area contributed by atoms with Crippen molar-refractivity contribution >= 4 is 34.1 Å². The normalized spacial score (nSPS) is 18.6. The number of pyridine rings is 1. The van der Waals surface area contributed by atoms with Gasteiger partial charge in [-0.05, 0) is 84.2 Å². The van der Waals surface area contributed by atoms with Gasteiger partial charge in [-0.3, -0.25) is 14.5 Å². The minimum Gasteiger partial charge on any atom is -0.491 e. The monoisotopic (exact) mass is 621 g/mol. The number of aromatic nitrogens is 2. The number of likely N-dealkylation sites (tertiary alicyclic amines) is 1. The van der Waals surface area contributed by atoms with Crippen LogP contribution in [-0.4, -0.2) is 82.6 Å². The Labute approximate surface area is 266 Å². The number of amides is 2. The number of carbonyl (C=O) groups is 2. The number of H-pyrrole nitrogens is 1. The summed E-state index contributed by atoms with van der Waals surface area (Å²) in [5.41, 5.74) is 6.42. The predicted octanol–water partition coefficient (Wildman–Crippen LogP) is 5.10. The maximum Gasteiger partial charge on any atom is 0.265 e. The molecular weight excluding hydrogens is 585 g/mol. The molecule has 0 atom stereocenters. The number of aliphatic hydroxyl groups is 1. The molecule has 2 N–H and O–H groups in total. The highest BCUT2D eigenvalue weighted by Crippen LogP contribution is 2.44. The molecule has 8 rings (SSSR count). The average molecular weight is 622 g/mol. The van der Waals surface area contributed by atoms with Gasteiger partial charge in [0.25, 0.3) is 5.91 Å². The molecule has 10 heteroatoms. The van der Waals surface area contributed by atoms with Crippen LogP contribution in [0.5, 0.6) is 5.75 Å². The van der Waals surface area contributed by atoms with Crippen LogP contribution >= 0.6 is 0 Å². The molecule has 1 saturated carbocycles. The van der Waals surface area contributed by atoms with Crippen LogP contribution in [0.15, 0.2) is 54.7 Å². The standard InChI is InChI=1S/C36H36FN5O4/c37-29-17-24(22-5-6-22)18-32-34(29)36(45)42(15-16-46-32)31-4-1-3-25(28(31)21-43)26-7-10-38-35-27(26)19-30(39-35)23-8-13-40(14-9-23)20-33(44)41-11-2-12-41/h1,3-4,7-8,10,17-19,22,43H,2,5-6,9,11-16,20-21H2,(H,38,39). The molecule has 1 saturated heterocycles. The van der Waals surface area contributed by atoms with E-state index in [9.17, 15) is 14.7 Å². The van der Waals surface area contributed by atoms with Crippen LogP contribution in [0.2, 0.25) is 0 Å². The van der Waals surface area contributed by atoms with Crippen molar-refractivity contribution in [1.82, 2.24) is 19.8 Å². The van der Waals surface area contributed by atoms with E-state index in [1.165, 1.54) is 16.5 Å². The van der Waals surface area contributed by atoms with E-state index < -0.39 is 11.7 Å². The van der Waals surface area contributed by atoms with Gasteiger partial charge in [0.05, 0.1) is 25.4 Å². The Kier molecular flexibility index (Phi) is 7.33. The molecule has 4 aliphatic rings. The summed E-state index contributed by atoms with van der Waals surface area (Å²) >= 11 is 0. The van der Waals surface area contributed by atoms with Crippen molar-refractivity contribution in [2.24, 2.45) is 0 Å². The van der Waals surface area contributed by atoms with Gasteiger partial charge in [-0.15, -0.1) is 0 Å². The summed E-state index contributed by atoms with van der Waals surface area (Å²) in [5.74, 6) is -0.230. The quantitative estimate of drug-likeness (QED) is 0.298. The lowest BCUT2D eigenvalue weighted by Gasteiger charge is -2.34. The number of aliphatic hydroxyl groups excluding tert-OH is 1. The SMILES string of the molecule is O=C(CN1CC=C(c2cc3c(-c4cccc(N5CCOc6cc(C7CC7)cc(F)c6C5=O)c4CO)ccnc3[nH]2)CC1)N1CCC1. The number of benzene rings is 2. The Morgan fingerprint density at radius 2 is 1.96 bits per heavy atom. The van der Waals surface area contributed by atoms with Gasteiger partial charge < -0.3 is 24.6 Å². The van der Waals surface area contributed by atoms with E-state index in [1.807, 2.05) is 29.2 Å². The minimum atomic E-state index is -0.573. The Bertz CT molecular complexity index is 1890. The fourth-order valence-electron chi connectivity index (χ4n) is 6.93. The average Bonchev–Trinajstić information content (AvgIpc) is 3.82. The van der Waals surface area contributed by atoms with Crippen molar-refractivity contribution in [3.8, 4) is 16.9 Å². The van der Waals surface area contributed by atoms with Gasteiger partial charge in [0.2, 0.25) is 5.91 Å². The summed E-state index contributed by atoms with van der Waals surface area (Å²) in [6, 6.07) is 12.9. The summed E-state index contributed by atoms with van der Waals surface area (Å²) in [4.78, 5) is 40.0. The first-order valence-electron chi connectivity index (χ1n) is 16.2. The predicted molar refractivity (Wildman–Crippen MR) is 173 cm³/mol. The van der Waals surface area contributed by atoms with Crippen LogP contribution in [0, 0.1) is 5.82 Å². The molecule has 3 aliphatic heterocycles. The summed E-state index contributed by atoms with van der Waals surface area (Å²) < 4.78 is 21.3. The molecule has 0 radical (unpaired) electrons. The van der Waals surface area contributed by atoms with Crippen molar-refractivity contribution in [1.29, 1.82) is 0 Å². The summed E-state index contributed by atoms with van der Waals surface area (Å²) in [7, 11) is 0. The zero-order valence-corrected chi connectivity index (χ0v) is 25.6. The molecule has 2 aromatic heterocycles. The Balaban J connectivity index is 1.10. The molecule has 9 nitrogen and oxygen atoms in total. The van der Waals surface area contributed by atoms with Crippen molar-refractivity contribution < 1.29 is 23.8 Å². The van der Waals surface area contributed by atoms with Gasteiger partial charge in [0.15, 0.2) is 0 Å². The number of hydrogen-bond donors (Lipinski definition) is 2. The van der Waals surface area contributed by atoms with Gasteiger partial charge in [-0.1, -0.05) is 18.2 Å². The van der Waals surface area contributed by atoms with Crippen LogP contribution in [0.1, 0.15) is 58.8 Å². The molecule has 2 amide bonds. The largest absolute Gasteiger partial charge is 0.491 e. The van der Waals surface area contributed by atoms with Crippen molar-refractivity contribution in [3.63, 3.8) is 0 Å². The molecule has 2 fully saturated rings. The molecule has 46 heavy (non-hydrogen) atoms. The number of ether oxygens (including phenoxy) is 1. The number of rotatable bonds is 7.